The lowest BCUT2D eigenvalue weighted by Crippen LogP contribution is -2.13. The number of hydrogen-bond acceptors (Lipinski definition) is 6. The number of sulfonamides is 1. The highest BCUT2D eigenvalue weighted by molar-refractivity contribution is 7.94. The summed E-state index contributed by atoms with van der Waals surface area (Å²) in [5.74, 6) is -0.381. The van der Waals surface area contributed by atoms with Crippen LogP contribution in [0, 0.1) is 6.92 Å². The molecule has 10 heteroatoms. The Morgan fingerprint density at radius 3 is 2.46 bits per heavy atom. The van der Waals surface area contributed by atoms with Gasteiger partial charge >= 0.3 is 0 Å². The zero-order valence-electron chi connectivity index (χ0n) is 13.4. The maximum Gasteiger partial charge on any atom is 0.291 e. The van der Waals surface area contributed by atoms with Gasteiger partial charge in [-0.1, -0.05) is 41.1 Å². The molecule has 0 bridgehead atoms. The Hall–Kier alpha value is -2.49. The van der Waals surface area contributed by atoms with Crippen LogP contribution in [0.1, 0.15) is 15.9 Å². The van der Waals surface area contributed by atoms with E-state index in [-0.39, 0.29) is 15.4 Å². The molecule has 0 radical (unpaired) electrons. The molecule has 0 aliphatic heterocycles. The number of aromatic nitrogens is 2. The molecule has 0 saturated carbocycles. The first-order valence-electron chi connectivity index (χ1n) is 7.34. The molecule has 0 spiro atoms. The van der Waals surface area contributed by atoms with Crippen LogP contribution in [-0.2, 0) is 10.0 Å². The van der Waals surface area contributed by atoms with Gasteiger partial charge in [-0.15, -0.1) is 10.2 Å². The molecule has 3 rings (SSSR count). The highest BCUT2D eigenvalue weighted by Crippen LogP contribution is 2.24. The second-order valence-corrected chi connectivity index (χ2v) is 8.52. The summed E-state index contributed by atoms with van der Waals surface area (Å²) in [6, 6.07) is 13.2. The Balaban J connectivity index is 1.75. The number of carbonyl (C=O) groups is 1. The Morgan fingerprint density at radius 2 is 1.77 bits per heavy atom. The second-order valence-electron chi connectivity index (χ2n) is 5.25. The van der Waals surface area contributed by atoms with E-state index in [1.807, 2.05) is 6.07 Å². The van der Waals surface area contributed by atoms with Crippen molar-refractivity contribution in [3.05, 3.63) is 64.7 Å². The summed E-state index contributed by atoms with van der Waals surface area (Å²) >= 11 is 6.54. The van der Waals surface area contributed by atoms with E-state index in [4.69, 9.17) is 11.6 Å². The average molecular weight is 409 g/mol. The van der Waals surface area contributed by atoms with Crippen LogP contribution < -0.4 is 10.0 Å². The third-order valence-electron chi connectivity index (χ3n) is 3.34. The summed E-state index contributed by atoms with van der Waals surface area (Å²) in [5.41, 5.74) is 1.62. The van der Waals surface area contributed by atoms with Gasteiger partial charge in [0.1, 0.15) is 0 Å². The van der Waals surface area contributed by atoms with Crippen molar-refractivity contribution in [1.82, 2.24) is 10.2 Å². The van der Waals surface area contributed by atoms with E-state index in [1.54, 1.807) is 37.3 Å². The molecule has 2 aromatic carbocycles. The van der Waals surface area contributed by atoms with E-state index >= 15 is 0 Å². The SMILES string of the molecule is Cc1ccccc1C(=O)Nc1nnc(S(=O)(=O)Nc2ccc(Cl)cc2)s1. The van der Waals surface area contributed by atoms with Crippen molar-refractivity contribution in [2.75, 3.05) is 10.0 Å². The zero-order valence-corrected chi connectivity index (χ0v) is 15.8. The van der Waals surface area contributed by atoms with E-state index in [1.165, 1.54) is 12.1 Å². The average Bonchev–Trinajstić information content (AvgIpc) is 3.06. The third kappa shape index (κ3) is 4.18. The standard InChI is InChI=1S/C16H13ClN4O3S2/c1-10-4-2-3-5-13(10)14(22)18-15-19-20-16(25-15)26(23,24)21-12-8-6-11(17)7-9-12/h2-9,21H,1H3,(H,18,19,22). The first-order chi connectivity index (χ1) is 12.3. The highest BCUT2D eigenvalue weighted by Gasteiger charge is 2.21. The van der Waals surface area contributed by atoms with E-state index in [2.05, 4.69) is 20.2 Å². The molecule has 0 fully saturated rings. The lowest BCUT2D eigenvalue weighted by molar-refractivity contribution is 0.102. The molecular weight excluding hydrogens is 396 g/mol. The summed E-state index contributed by atoms with van der Waals surface area (Å²) in [4.78, 5) is 12.3. The van der Waals surface area contributed by atoms with Gasteiger partial charge in [0, 0.05) is 16.3 Å². The molecule has 1 aromatic heterocycles. The van der Waals surface area contributed by atoms with Gasteiger partial charge in [0.2, 0.25) is 5.13 Å². The number of halogens is 1. The number of nitrogens with zero attached hydrogens (tertiary/aromatic N) is 2. The minimum Gasteiger partial charge on any atom is -0.296 e. The molecule has 0 aliphatic carbocycles. The number of hydrogen-bond donors (Lipinski definition) is 2. The summed E-state index contributed by atoms with van der Waals surface area (Å²) in [5, 5.41) is 10.5. The third-order valence-corrected chi connectivity index (χ3v) is 6.18. The fourth-order valence-corrected chi connectivity index (χ4v) is 4.16. The molecule has 7 nitrogen and oxygen atoms in total. The highest BCUT2D eigenvalue weighted by atomic mass is 35.5. The number of nitrogens with one attached hydrogen (secondary N) is 2. The van der Waals surface area contributed by atoms with Gasteiger partial charge in [0.05, 0.1) is 0 Å². The lowest BCUT2D eigenvalue weighted by Gasteiger charge is -2.05. The van der Waals surface area contributed by atoms with E-state index in [0.717, 1.165) is 16.9 Å². The monoisotopic (exact) mass is 408 g/mol. The Bertz CT molecular complexity index is 1050. The van der Waals surface area contributed by atoms with Crippen molar-refractivity contribution in [1.29, 1.82) is 0 Å². The molecular formula is C16H13ClN4O3S2. The van der Waals surface area contributed by atoms with E-state index in [0.29, 0.717) is 16.3 Å². The van der Waals surface area contributed by atoms with Crippen molar-refractivity contribution in [2.24, 2.45) is 0 Å². The number of amides is 1. The van der Waals surface area contributed by atoms with Gasteiger partial charge in [0.15, 0.2) is 0 Å². The largest absolute Gasteiger partial charge is 0.296 e. The normalized spacial score (nSPS) is 11.2. The Morgan fingerprint density at radius 1 is 1.08 bits per heavy atom. The van der Waals surface area contributed by atoms with Crippen molar-refractivity contribution in [3.63, 3.8) is 0 Å². The van der Waals surface area contributed by atoms with Gasteiger partial charge in [-0.25, -0.2) is 0 Å². The second kappa shape index (κ2) is 7.40. The quantitative estimate of drug-likeness (QED) is 0.628. The van der Waals surface area contributed by atoms with Crippen molar-refractivity contribution in [2.45, 2.75) is 11.3 Å². The number of rotatable bonds is 5. The van der Waals surface area contributed by atoms with Crippen LogP contribution in [-0.4, -0.2) is 24.5 Å². The number of anilines is 2. The van der Waals surface area contributed by atoms with Crippen LogP contribution in [0.3, 0.4) is 0 Å². The number of carbonyl (C=O) groups excluding carboxylic acids is 1. The molecule has 26 heavy (non-hydrogen) atoms. The molecule has 1 amide bonds. The smallest absolute Gasteiger partial charge is 0.291 e. The molecule has 0 unspecified atom stereocenters. The topological polar surface area (TPSA) is 101 Å². The summed E-state index contributed by atoms with van der Waals surface area (Å²) in [6.07, 6.45) is 0. The molecule has 134 valence electrons. The van der Waals surface area contributed by atoms with Crippen molar-refractivity contribution >= 4 is 49.7 Å². The van der Waals surface area contributed by atoms with Gasteiger partial charge in [0.25, 0.3) is 20.3 Å². The van der Waals surface area contributed by atoms with Gasteiger partial charge in [-0.3, -0.25) is 14.8 Å². The van der Waals surface area contributed by atoms with Gasteiger partial charge < -0.3 is 0 Å². The molecule has 0 atom stereocenters. The Kier molecular flexibility index (Phi) is 5.21. The fourth-order valence-electron chi connectivity index (χ4n) is 2.08. The van der Waals surface area contributed by atoms with Crippen LogP contribution in [0.25, 0.3) is 0 Å². The predicted molar refractivity (Wildman–Crippen MR) is 101 cm³/mol. The van der Waals surface area contributed by atoms with Crippen LogP contribution in [0.4, 0.5) is 10.8 Å². The first-order valence-corrected chi connectivity index (χ1v) is 10.0. The van der Waals surface area contributed by atoms with Crippen LogP contribution in [0.2, 0.25) is 5.02 Å². The molecule has 2 N–H and O–H groups in total. The minimum absolute atomic E-state index is 0.0923. The van der Waals surface area contributed by atoms with Crippen LogP contribution in [0.5, 0.6) is 0 Å². The molecule has 1 heterocycles. The maximum atomic E-state index is 12.4. The molecule has 0 aliphatic rings. The summed E-state index contributed by atoms with van der Waals surface area (Å²) in [6.45, 7) is 1.81. The minimum atomic E-state index is -3.91. The van der Waals surface area contributed by atoms with Crippen molar-refractivity contribution < 1.29 is 13.2 Å². The number of aryl methyl sites for hydroxylation is 1. The van der Waals surface area contributed by atoms with Crippen LogP contribution in [0.15, 0.2) is 52.9 Å². The lowest BCUT2D eigenvalue weighted by atomic mass is 10.1. The van der Waals surface area contributed by atoms with Gasteiger partial charge in [-0.2, -0.15) is 8.42 Å². The molecule has 3 aromatic rings. The van der Waals surface area contributed by atoms with Crippen molar-refractivity contribution in [3.8, 4) is 0 Å². The fraction of sp³-hybridized carbons (Fsp3) is 0.0625. The summed E-state index contributed by atoms with van der Waals surface area (Å²) < 4.78 is 26.8. The van der Waals surface area contributed by atoms with E-state index in [9.17, 15) is 13.2 Å². The Labute approximate surface area is 159 Å². The maximum absolute atomic E-state index is 12.4. The van der Waals surface area contributed by atoms with Crippen LogP contribution >= 0.6 is 22.9 Å². The molecule has 0 saturated heterocycles. The van der Waals surface area contributed by atoms with Gasteiger partial charge in [-0.05, 0) is 42.8 Å². The summed E-state index contributed by atoms with van der Waals surface area (Å²) in [7, 11) is -3.91. The zero-order chi connectivity index (χ0) is 18.7. The number of benzene rings is 2. The predicted octanol–water partition coefficient (Wildman–Crippen LogP) is 3.55. The van der Waals surface area contributed by atoms with E-state index < -0.39 is 10.0 Å². The first kappa shape index (κ1) is 18.3.